The lowest BCUT2D eigenvalue weighted by molar-refractivity contribution is 0.0982. The van der Waals surface area contributed by atoms with Crippen LogP contribution in [0.5, 0.6) is 0 Å². The molecule has 0 spiro atoms. The highest BCUT2D eigenvalue weighted by atomic mass is 35.5. The number of piperazine rings is 1. The van der Waals surface area contributed by atoms with Gasteiger partial charge in [-0.05, 0) is 50.2 Å². The monoisotopic (exact) mass is 477 g/mol. The molecule has 0 aliphatic carbocycles. The summed E-state index contributed by atoms with van der Waals surface area (Å²) in [6.45, 7) is 6.74. The summed E-state index contributed by atoms with van der Waals surface area (Å²) in [5.41, 5.74) is 3.20. The molecule has 2 aliphatic rings. The molecule has 34 heavy (non-hydrogen) atoms. The van der Waals surface area contributed by atoms with E-state index in [2.05, 4.69) is 51.5 Å². The number of para-hydroxylation sites is 1. The van der Waals surface area contributed by atoms with Gasteiger partial charge in [0.2, 0.25) is 5.95 Å². The van der Waals surface area contributed by atoms with Crippen molar-refractivity contribution in [2.24, 2.45) is 0 Å². The van der Waals surface area contributed by atoms with Gasteiger partial charge in [0.25, 0.3) is 5.91 Å². The molecule has 1 aromatic heterocycles. The summed E-state index contributed by atoms with van der Waals surface area (Å²) in [5.74, 6) is 0.865. The predicted molar refractivity (Wildman–Crippen MR) is 138 cm³/mol. The first kappa shape index (κ1) is 22.4. The molecule has 176 valence electrons. The van der Waals surface area contributed by atoms with Crippen LogP contribution in [-0.4, -0.2) is 54.8 Å². The van der Waals surface area contributed by atoms with Gasteiger partial charge in [-0.25, -0.2) is 4.98 Å². The lowest BCUT2D eigenvalue weighted by atomic mass is 10.1. The van der Waals surface area contributed by atoms with Crippen molar-refractivity contribution in [2.45, 2.75) is 25.9 Å². The predicted octanol–water partition coefficient (Wildman–Crippen LogP) is 4.11. The average molecular weight is 478 g/mol. The van der Waals surface area contributed by atoms with E-state index in [4.69, 9.17) is 11.6 Å². The zero-order chi connectivity index (χ0) is 23.8. The Labute approximate surface area is 204 Å². The number of amides is 1. The molecule has 2 aromatic carbocycles. The summed E-state index contributed by atoms with van der Waals surface area (Å²) in [4.78, 5) is 28.2. The average Bonchev–Trinajstić information content (AvgIpc) is 2.84. The summed E-state index contributed by atoms with van der Waals surface area (Å²) in [7, 11) is 1.90. The molecule has 1 amide bonds. The summed E-state index contributed by atoms with van der Waals surface area (Å²) in [6.07, 6.45) is 1.57. The van der Waals surface area contributed by atoms with Crippen LogP contribution in [-0.2, 0) is 0 Å². The number of hydrogen-bond donors (Lipinski definition) is 2. The van der Waals surface area contributed by atoms with Crippen molar-refractivity contribution in [1.29, 1.82) is 0 Å². The zero-order valence-electron chi connectivity index (χ0n) is 19.5. The molecule has 3 aromatic rings. The number of aromatic nitrogens is 2. The van der Waals surface area contributed by atoms with Gasteiger partial charge < -0.3 is 20.4 Å². The summed E-state index contributed by atoms with van der Waals surface area (Å²) >= 11 is 6.33. The quantitative estimate of drug-likeness (QED) is 0.585. The Balaban J connectivity index is 1.34. The second kappa shape index (κ2) is 9.12. The van der Waals surface area contributed by atoms with Crippen molar-refractivity contribution in [2.75, 3.05) is 46.8 Å². The van der Waals surface area contributed by atoms with Gasteiger partial charge in [0.05, 0.1) is 17.4 Å². The maximum absolute atomic E-state index is 13.2. The van der Waals surface area contributed by atoms with Crippen LogP contribution in [0.3, 0.4) is 0 Å². The number of benzene rings is 2. The van der Waals surface area contributed by atoms with Crippen LogP contribution in [0.4, 0.5) is 28.8 Å². The molecule has 1 saturated heterocycles. The largest absolute Gasteiger partial charge is 0.366 e. The minimum Gasteiger partial charge on any atom is -0.366 e. The van der Waals surface area contributed by atoms with Gasteiger partial charge in [-0.1, -0.05) is 23.7 Å². The van der Waals surface area contributed by atoms with Gasteiger partial charge in [-0.2, -0.15) is 4.98 Å². The van der Waals surface area contributed by atoms with Gasteiger partial charge in [-0.15, -0.1) is 0 Å². The Morgan fingerprint density at radius 1 is 1.12 bits per heavy atom. The molecule has 0 radical (unpaired) electrons. The van der Waals surface area contributed by atoms with Crippen LogP contribution in [0.1, 0.15) is 24.2 Å². The molecule has 2 atom stereocenters. The highest BCUT2D eigenvalue weighted by Gasteiger charge is 2.31. The zero-order valence-corrected chi connectivity index (χ0v) is 20.3. The van der Waals surface area contributed by atoms with Crippen LogP contribution < -0.4 is 25.3 Å². The standard InChI is InChI=1S/C25H28ClN7O/c1-16-14-32(17(2)12-27-16)19-10-8-18(9-11-19)29-25-28-13-20-23(30-25)31(3)15-33(24(20)34)22-7-5-4-6-21(22)26/h4-11,13,16-17,27H,12,14-15H2,1-3H3,(H,28,29,30)/t16-,17+/m1/s1. The fourth-order valence-electron chi connectivity index (χ4n) is 4.47. The molecule has 0 unspecified atom stereocenters. The minimum atomic E-state index is -0.170. The first-order valence-electron chi connectivity index (χ1n) is 11.4. The number of rotatable bonds is 4. The van der Waals surface area contributed by atoms with E-state index in [0.29, 0.717) is 46.8 Å². The van der Waals surface area contributed by atoms with E-state index >= 15 is 0 Å². The third-order valence-corrected chi connectivity index (χ3v) is 6.64. The first-order valence-corrected chi connectivity index (χ1v) is 11.8. The van der Waals surface area contributed by atoms with E-state index in [0.717, 1.165) is 18.8 Å². The van der Waals surface area contributed by atoms with Crippen LogP contribution in [0.25, 0.3) is 0 Å². The van der Waals surface area contributed by atoms with E-state index in [1.54, 1.807) is 17.2 Å². The normalized spacial score (nSPS) is 20.4. The van der Waals surface area contributed by atoms with Gasteiger partial charge in [0.15, 0.2) is 0 Å². The maximum Gasteiger partial charge on any atom is 0.265 e. The Bertz CT molecular complexity index is 1200. The van der Waals surface area contributed by atoms with Gasteiger partial charge >= 0.3 is 0 Å². The second-order valence-electron chi connectivity index (χ2n) is 8.94. The van der Waals surface area contributed by atoms with E-state index < -0.39 is 0 Å². The third kappa shape index (κ3) is 4.26. The van der Waals surface area contributed by atoms with E-state index in [-0.39, 0.29) is 5.91 Å². The van der Waals surface area contributed by atoms with Crippen LogP contribution in [0, 0.1) is 0 Å². The van der Waals surface area contributed by atoms with E-state index in [1.807, 2.05) is 42.3 Å². The van der Waals surface area contributed by atoms with Gasteiger partial charge in [-0.3, -0.25) is 9.69 Å². The molecule has 9 heteroatoms. The number of halogens is 1. The molecule has 2 N–H and O–H groups in total. The number of nitrogens with zero attached hydrogens (tertiary/aromatic N) is 5. The molecule has 2 aliphatic heterocycles. The Kier molecular flexibility index (Phi) is 6.02. The summed E-state index contributed by atoms with van der Waals surface area (Å²) in [6, 6.07) is 16.5. The lowest BCUT2D eigenvalue weighted by Crippen LogP contribution is -2.54. The minimum absolute atomic E-state index is 0.170. The van der Waals surface area contributed by atoms with E-state index in [9.17, 15) is 4.79 Å². The number of nitrogens with one attached hydrogen (secondary N) is 2. The van der Waals surface area contributed by atoms with Gasteiger partial charge in [0, 0.05) is 49.8 Å². The molecule has 8 nitrogen and oxygen atoms in total. The van der Waals surface area contributed by atoms with Crippen molar-refractivity contribution >= 4 is 46.3 Å². The SMILES string of the molecule is C[C@@H]1CN(c2ccc(Nc3ncc4c(n3)N(C)CN(c3ccccc3Cl)C4=O)cc2)[C@@H](C)CN1. The number of anilines is 5. The molecular weight excluding hydrogens is 450 g/mol. The molecule has 3 heterocycles. The van der Waals surface area contributed by atoms with E-state index in [1.165, 1.54) is 5.69 Å². The number of fused-ring (bicyclic) bond motifs is 1. The Morgan fingerprint density at radius 2 is 1.88 bits per heavy atom. The third-order valence-electron chi connectivity index (χ3n) is 6.32. The molecule has 0 bridgehead atoms. The Hall–Kier alpha value is -3.36. The molecule has 1 fully saturated rings. The topological polar surface area (TPSA) is 76.6 Å². The first-order chi connectivity index (χ1) is 16.4. The van der Waals surface area contributed by atoms with Crippen molar-refractivity contribution in [3.63, 3.8) is 0 Å². The van der Waals surface area contributed by atoms with Crippen LogP contribution >= 0.6 is 11.6 Å². The fourth-order valence-corrected chi connectivity index (χ4v) is 4.70. The molecule has 5 rings (SSSR count). The van der Waals surface area contributed by atoms with Crippen molar-refractivity contribution in [3.8, 4) is 0 Å². The van der Waals surface area contributed by atoms with Crippen molar-refractivity contribution < 1.29 is 4.79 Å². The van der Waals surface area contributed by atoms with Crippen molar-refractivity contribution in [3.05, 3.63) is 65.3 Å². The van der Waals surface area contributed by atoms with Crippen LogP contribution in [0.2, 0.25) is 5.02 Å². The number of hydrogen-bond acceptors (Lipinski definition) is 7. The van der Waals surface area contributed by atoms with Crippen LogP contribution in [0.15, 0.2) is 54.7 Å². The van der Waals surface area contributed by atoms with Gasteiger partial charge in [0.1, 0.15) is 11.4 Å². The summed E-state index contributed by atoms with van der Waals surface area (Å²) in [5, 5.41) is 7.31. The number of carbonyl (C=O) groups is 1. The molecular formula is C25H28ClN7O. The Morgan fingerprint density at radius 3 is 2.65 bits per heavy atom. The smallest absolute Gasteiger partial charge is 0.265 e. The number of carbonyl (C=O) groups excluding carboxylic acids is 1. The van der Waals surface area contributed by atoms with Crippen molar-refractivity contribution in [1.82, 2.24) is 15.3 Å². The second-order valence-corrected chi connectivity index (χ2v) is 9.34. The lowest BCUT2D eigenvalue weighted by Gasteiger charge is -2.39. The maximum atomic E-state index is 13.2. The highest BCUT2D eigenvalue weighted by molar-refractivity contribution is 6.34. The fraction of sp³-hybridized carbons (Fsp3) is 0.320. The summed E-state index contributed by atoms with van der Waals surface area (Å²) < 4.78 is 0. The highest BCUT2D eigenvalue weighted by Crippen LogP contribution is 2.32. The molecule has 0 saturated carbocycles.